The number of hydrogen-bond donors (Lipinski definition) is 2. The van der Waals surface area contributed by atoms with Gasteiger partial charge >= 0.3 is 0 Å². The molecule has 6 atom stereocenters. The molecule has 0 spiro atoms. The molecule has 13 heteroatoms. The van der Waals surface area contributed by atoms with Crippen molar-refractivity contribution in [3.05, 3.63) is 128 Å². The molecule has 4 aromatic carbocycles. The Bertz CT molecular complexity index is 2220. The predicted octanol–water partition coefficient (Wildman–Crippen LogP) is 7.80. The van der Waals surface area contributed by atoms with Crippen molar-refractivity contribution in [2.75, 3.05) is 17.4 Å². The van der Waals surface area contributed by atoms with Gasteiger partial charge in [-0.2, -0.15) is 5.01 Å². The first kappa shape index (κ1) is 34.4. The molecular weight excluding hydrogens is 776 g/mol. The van der Waals surface area contributed by atoms with Crippen LogP contribution in [0.15, 0.2) is 101 Å². The maximum absolute atomic E-state index is 15.3. The second-order valence-corrected chi connectivity index (χ2v) is 15.2. The molecule has 2 saturated heterocycles. The zero-order valence-corrected chi connectivity index (χ0v) is 30.5. The van der Waals surface area contributed by atoms with E-state index < -0.39 is 64.3 Å². The summed E-state index contributed by atoms with van der Waals surface area (Å²) in [6, 6.07) is 22.2. The number of carbonyl (C=O) groups excluding carboxylic acids is 4. The standard InChI is InChI=1S/C39H29BrCl2FN3O6/c1-52-24-10-3-20(4-11-24)39-28(36(49)46(38(39)51)44-31-14-7-22(41)17-29(31)42)18-27-25(34(39)19-2-15-32(47)30(43)16-19)12-13-26-33(27)37(50)45(35(26)48)23-8-5-21(40)6-9-23/h2-12,14-17,26-28,33-34,44,47H,13,18H2,1H3/t26-,27+,28-,33-,34-,39+/m0/s1. The van der Waals surface area contributed by atoms with E-state index in [0.29, 0.717) is 33.2 Å². The van der Waals surface area contributed by atoms with E-state index in [4.69, 9.17) is 27.9 Å². The molecule has 4 aliphatic rings. The van der Waals surface area contributed by atoms with Gasteiger partial charge in [0.1, 0.15) is 5.75 Å². The van der Waals surface area contributed by atoms with E-state index in [-0.39, 0.29) is 29.5 Å². The maximum Gasteiger partial charge on any atom is 0.260 e. The zero-order valence-electron chi connectivity index (χ0n) is 27.4. The van der Waals surface area contributed by atoms with Crippen molar-refractivity contribution in [3.8, 4) is 11.5 Å². The van der Waals surface area contributed by atoms with Crippen LogP contribution in [0.2, 0.25) is 10.0 Å². The van der Waals surface area contributed by atoms with Crippen LogP contribution in [0.4, 0.5) is 15.8 Å². The maximum atomic E-state index is 15.3. The quantitative estimate of drug-likeness (QED) is 0.151. The number of rotatable bonds is 6. The Hall–Kier alpha value is -4.71. The van der Waals surface area contributed by atoms with E-state index in [0.717, 1.165) is 15.5 Å². The number of imide groups is 2. The lowest BCUT2D eigenvalue weighted by Crippen LogP contribution is -2.53. The number of carbonyl (C=O) groups is 4. The van der Waals surface area contributed by atoms with E-state index in [1.165, 1.54) is 30.2 Å². The highest BCUT2D eigenvalue weighted by Gasteiger charge is 2.70. The number of aromatic hydroxyl groups is 1. The number of hydrazine groups is 1. The topological polar surface area (TPSA) is 116 Å². The molecule has 4 aromatic rings. The molecule has 0 radical (unpaired) electrons. The highest BCUT2D eigenvalue weighted by atomic mass is 79.9. The van der Waals surface area contributed by atoms with Gasteiger partial charge in [-0.1, -0.05) is 69.0 Å². The summed E-state index contributed by atoms with van der Waals surface area (Å²) >= 11 is 16.0. The smallest absolute Gasteiger partial charge is 0.260 e. The van der Waals surface area contributed by atoms with Gasteiger partial charge in [0.2, 0.25) is 11.8 Å². The van der Waals surface area contributed by atoms with Gasteiger partial charge in [-0.05, 0) is 96.6 Å². The van der Waals surface area contributed by atoms with Gasteiger partial charge in [0.05, 0.1) is 46.7 Å². The Morgan fingerprint density at radius 1 is 0.904 bits per heavy atom. The molecule has 8 rings (SSSR count). The van der Waals surface area contributed by atoms with Crippen LogP contribution in [0, 0.1) is 29.5 Å². The van der Waals surface area contributed by atoms with Crippen LogP contribution < -0.4 is 15.1 Å². The van der Waals surface area contributed by atoms with Crippen LogP contribution in [0.5, 0.6) is 11.5 Å². The third kappa shape index (κ3) is 5.08. The number of anilines is 2. The number of benzene rings is 4. The van der Waals surface area contributed by atoms with Gasteiger partial charge in [0, 0.05) is 15.4 Å². The van der Waals surface area contributed by atoms with Crippen LogP contribution >= 0.6 is 39.1 Å². The number of fused-ring (bicyclic) bond motifs is 4. The van der Waals surface area contributed by atoms with Crippen LogP contribution in [0.1, 0.15) is 29.9 Å². The minimum atomic E-state index is -1.66. The normalized spacial score (nSPS) is 26.6. The number of phenols is 1. The van der Waals surface area contributed by atoms with Crippen LogP contribution in [-0.2, 0) is 24.6 Å². The summed E-state index contributed by atoms with van der Waals surface area (Å²) < 4.78 is 21.5. The monoisotopic (exact) mass is 803 g/mol. The summed E-state index contributed by atoms with van der Waals surface area (Å²) in [6.45, 7) is 0. The Kier molecular flexibility index (Phi) is 8.43. The Morgan fingerprint density at radius 2 is 1.63 bits per heavy atom. The van der Waals surface area contributed by atoms with Gasteiger partial charge in [0.15, 0.2) is 11.6 Å². The summed E-state index contributed by atoms with van der Waals surface area (Å²) in [4.78, 5) is 59.7. The van der Waals surface area contributed by atoms with E-state index in [2.05, 4.69) is 21.4 Å². The lowest BCUT2D eigenvalue weighted by Gasteiger charge is -2.50. The lowest BCUT2D eigenvalue weighted by atomic mass is 9.49. The zero-order chi connectivity index (χ0) is 36.6. The molecule has 2 aliphatic carbocycles. The molecule has 9 nitrogen and oxygen atoms in total. The molecule has 52 heavy (non-hydrogen) atoms. The fourth-order valence-electron chi connectivity index (χ4n) is 8.77. The fourth-order valence-corrected chi connectivity index (χ4v) is 9.48. The Balaban J connectivity index is 1.33. The first-order valence-corrected chi connectivity index (χ1v) is 18.1. The summed E-state index contributed by atoms with van der Waals surface area (Å²) in [5.41, 5.74) is 3.38. The van der Waals surface area contributed by atoms with Crippen molar-refractivity contribution in [1.29, 1.82) is 0 Å². The Labute approximate surface area is 316 Å². The van der Waals surface area contributed by atoms with Gasteiger partial charge < -0.3 is 9.84 Å². The second-order valence-electron chi connectivity index (χ2n) is 13.4. The average Bonchev–Trinajstić information content (AvgIpc) is 3.51. The summed E-state index contributed by atoms with van der Waals surface area (Å²) in [7, 11) is 1.51. The van der Waals surface area contributed by atoms with Crippen molar-refractivity contribution >= 4 is 74.1 Å². The molecule has 3 fully saturated rings. The molecular formula is C39H29BrCl2FN3O6. The van der Waals surface area contributed by atoms with Crippen LogP contribution in [0.25, 0.3) is 0 Å². The number of phenolic OH excluding ortho intramolecular Hbond substituents is 1. The highest BCUT2D eigenvalue weighted by Crippen LogP contribution is 2.64. The summed E-state index contributed by atoms with van der Waals surface area (Å²) in [6.07, 6.45) is 2.11. The van der Waals surface area contributed by atoms with Crippen molar-refractivity contribution in [2.24, 2.45) is 23.7 Å². The van der Waals surface area contributed by atoms with Crippen LogP contribution in [0.3, 0.4) is 0 Å². The number of nitrogens with one attached hydrogen (secondary N) is 1. The van der Waals surface area contributed by atoms with E-state index in [9.17, 15) is 19.5 Å². The third-order valence-electron chi connectivity index (χ3n) is 11.0. The first-order valence-electron chi connectivity index (χ1n) is 16.5. The van der Waals surface area contributed by atoms with Gasteiger partial charge in [-0.15, -0.1) is 0 Å². The van der Waals surface area contributed by atoms with E-state index in [1.807, 2.05) is 6.08 Å². The molecule has 0 bridgehead atoms. The summed E-state index contributed by atoms with van der Waals surface area (Å²) in [5, 5.41) is 11.7. The van der Waals surface area contributed by atoms with E-state index in [1.54, 1.807) is 60.7 Å². The number of amides is 4. The van der Waals surface area contributed by atoms with Crippen molar-refractivity contribution < 1.29 is 33.4 Å². The van der Waals surface area contributed by atoms with Crippen LogP contribution in [-0.4, -0.2) is 40.9 Å². The Morgan fingerprint density at radius 3 is 2.31 bits per heavy atom. The minimum absolute atomic E-state index is 0.0421. The minimum Gasteiger partial charge on any atom is -0.505 e. The van der Waals surface area contributed by atoms with Crippen molar-refractivity contribution in [2.45, 2.75) is 24.2 Å². The molecule has 2 heterocycles. The predicted molar refractivity (Wildman–Crippen MR) is 195 cm³/mol. The number of hydrogen-bond acceptors (Lipinski definition) is 7. The largest absolute Gasteiger partial charge is 0.505 e. The molecule has 1 saturated carbocycles. The number of allylic oxidation sites excluding steroid dienone is 2. The lowest BCUT2D eigenvalue weighted by molar-refractivity contribution is -0.138. The molecule has 0 aromatic heterocycles. The number of methoxy groups -OCH3 is 1. The van der Waals surface area contributed by atoms with Gasteiger partial charge in [-0.3, -0.25) is 29.5 Å². The first-order chi connectivity index (χ1) is 24.9. The third-order valence-corrected chi connectivity index (χ3v) is 12.0. The fraction of sp³-hybridized carbons (Fsp3) is 0.231. The number of ether oxygens (including phenoxy) is 1. The summed E-state index contributed by atoms with van der Waals surface area (Å²) in [5.74, 6) is -7.22. The SMILES string of the molecule is COc1ccc([C@@]23C(=O)N(Nc4ccc(Cl)cc4Cl)C(=O)[C@@H]2C[C@@H]2C(=CC[C@@H]4C(=O)N(c5ccc(Br)cc5)C(=O)[C@@H]42)[C@@H]3c2ccc(O)c(F)c2)cc1. The van der Waals surface area contributed by atoms with Gasteiger partial charge in [-0.25, -0.2) is 4.39 Å². The highest BCUT2D eigenvalue weighted by molar-refractivity contribution is 9.10. The molecule has 4 amide bonds. The number of halogens is 4. The molecule has 2 aliphatic heterocycles. The number of nitrogens with zero attached hydrogens (tertiary/aromatic N) is 2. The molecule has 2 N–H and O–H groups in total. The van der Waals surface area contributed by atoms with Gasteiger partial charge in [0.25, 0.3) is 11.8 Å². The molecule has 264 valence electrons. The second kappa shape index (κ2) is 12.8. The van der Waals surface area contributed by atoms with E-state index >= 15 is 9.18 Å². The average molecular weight is 805 g/mol. The van der Waals surface area contributed by atoms with Crippen molar-refractivity contribution in [1.82, 2.24) is 5.01 Å². The molecule has 0 unspecified atom stereocenters. The van der Waals surface area contributed by atoms with Crippen molar-refractivity contribution in [3.63, 3.8) is 0 Å².